The van der Waals surface area contributed by atoms with Gasteiger partial charge in [0.05, 0.1) is 7.11 Å². The molecule has 1 aromatic heterocycles. The van der Waals surface area contributed by atoms with Crippen LogP contribution in [0.4, 0.5) is 0 Å². The van der Waals surface area contributed by atoms with E-state index in [1.807, 2.05) is 0 Å². The van der Waals surface area contributed by atoms with Crippen molar-refractivity contribution in [2.24, 2.45) is 0 Å². The molecular formula is C16H18N2O5. The van der Waals surface area contributed by atoms with Crippen molar-refractivity contribution in [2.75, 3.05) is 7.11 Å². The van der Waals surface area contributed by atoms with E-state index in [1.54, 1.807) is 31.4 Å². The molecule has 1 N–H and O–H groups in total. The number of hydrogen-bond donors (Lipinski definition) is 1. The standard InChI is InChI=1S/C16H18N2O5/c1-21-12-6-4-11(5-7-12)14-17-13(18-23-14)10-22-15(19)16(20)8-2-3-9-16/h4-7,20H,2-3,8-10H2,1H3. The number of aliphatic hydroxyl groups is 1. The minimum atomic E-state index is -1.36. The summed E-state index contributed by atoms with van der Waals surface area (Å²) >= 11 is 0. The number of ether oxygens (including phenoxy) is 2. The molecule has 0 saturated heterocycles. The molecule has 1 aliphatic rings. The number of hydrogen-bond acceptors (Lipinski definition) is 7. The van der Waals surface area contributed by atoms with Gasteiger partial charge < -0.3 is 19.1 Å². The van der Waals surface area contributed by atoms with Crippen molar-refractivity contribution in [1.82, 2.24) is 10.1 Å². The monoisotopic (exact) mass is 318 g/mol. The highest BCUT2D eigenvalue weighted by molar-refractivity contribution is 5.79. The molecule has 1 aliphatic carbocycles. The topological polar surface area (TPSA) is 94.7 Å². The predicted octanol–water partition coefficient (Wildman–Crippen LogP) is 2.09. The van der Waals surface area contributed by atoms with Crippen LogP contribution in [0.2, 0.25) is 0 Å². The largest absolute Gasteiger partial charge is 0.497 e. The summed E-state index contributed by atoms with van der Waals surface area (Å²) in [6.07, 6.45) is 2.54. The first kappa shape index (κ1) is 15.5. The van der Waals surface area contributed by atoms with Crippen molar-refractivity contribution in [2.45, 2.75) is 37.9 Å². The Hall–Kier alpha value is -2.41. The van der Waals surface area contributed by atoms with E-state index in [1.165, 1.54) is 0 Å². The molecule has 0 aliphatic heterocycles. The van der Waals surface area contributed by atoms with Crippen molar-refractivity contribution >= 4 is 5.97 Å². The van der Waals surface area contributed by atoms with Crippen LogP contribution in [0.15, 0.2) is 28.8 Å². The molecule has 7 nitrogen and oxygen atoms in total. The number of carbonyl (C=O) groups is 1. The van der Waals surface area contributed by atoms with Gasteiger partial charge in [0.1, 0.15) is 5.75 Å². The maximum absolute atomic E-state index is 11.9. The highest BCUT2D eigenvalue weighted by Crippen LogP contribution is 2.30. The van der Waals surface area contributed by atoms with Crippen LogP contribution < -0.4 is 4.74 Å². The van der Waals surface area contributed by atoms with Crippen LogP contribution >= 0.6 is 0 Å². The molecule has 0 radical (unpaired) electrons. The summed E-state index contributed by atoms with van der Waals surface area (Å²) in [7, 11) is 1.59. The molecule has 3 rings (SSSR count). The summed E-state index contributed by atoms with van der Waals surface area (Å²) in [5, 5.41) is 13.9. The Morgan fingerprint density at radius 2 is 2.00 bits per heavy atom. The molecule has 1 saturated carbocycles. The van der Waals surface area contributed by atoms with Crippen LogP contribution in [0.5, 0.6) is 5.75 Å². The fourth-order valence-corrected chi connectivity index (χ4v) is 2.59. The van der Waals surface area contributed by atoms with E-state index in [0.717, 1.165) is 24.2 Å². The number of rotatable bonds is 5. The molecule has 2 aromatic rings. The molecule has 0 unspecified atom stereocenters. The Bertz CT molecular complexity index is 674. The van der Waals surface area contributed by atoms with Crippen molar-refractivity contribution in [3.8, 4) is 17.2 Å². The summed E-state index contributed by atoms with van der Waals surface area (Å²) < 4.78 is 15.3. The summed E-state index contributed by atoms with van der Waals surface area (Å²) in [5.41, 5.74) is -0.618. The molecule has 1 aromatic carbocycles. The lowest BCUT2D eigenvalue weighted by molar-refractivity contribution is -0.166. The molecule has 1 fully saturated rings. The van der Waals surface area contributed by atoms with Crippen molar-refractivity contribution in [3.05, 3.63) is 30.1 Å². The SMILES string of the molecule is COc1ccc(-c2nc(COC(=O)C3(O)CCCC3)no2)cc1. The Morgan fingerprint density at radius 3 is 2.65 bits per heavy atom. The van der Waals surface area contributed by atoms with E-state index in [-0.39, 0.29) is 12.4 Å². The van der Waals surface area contributed by atoms with Crippen LogP contribution in [-0.4, -0.2) is 33.9 Å². The average Bonchev–Trinajstić information content (AvgIpc) is 3.22. The zero-order valence-electron chi connectivity index (χ0n) is 12.8. The minimum absolute atomic E-state index is 0.124. The van der Waals surface area contributed by atoms with E-state index in [9.17, 15) is 9.90 Å². The molecule has 7 heteroatoms. The van der Waals surface area contributed by atoms with E-state index in [4.69, 9.17) is 14.0 Å². The van der Waals surface area contributed by atoms with Crippen LogP contribution in [0, 0.1) is 0 Å². The number of methoxy groups -OCH3 is 1. The molecule has 1 heterocycles. The maximum atomic E-state index is 11.9. The van der Waals surface area contributed by atoms with Gasteiger partial charge in [-0.15, -0.1) is 0 Å². The normalized spacial score (nSPS) is 16.3. The van der Waals surface area contributed by atoms with Gasteiger partial charge in [-0.1, -0.05) is 5.16 Å². The highest BCUT2D eigenvalue weighted by Gasteiger charge is 2.40. The van der Waals surface area contributed by atoms with Crippen LogP contribution in [-0.2, 0) is 16.1 Å². The lowest BCUT2D eigenvalue weighted by atomic mass is 10.0. The minimum Gasteiger partial charge on any atom is -0.497 e. The van der Waals surface area contributed by atoms with E-state index in [0.29, 0.717) is 18.7 Å². The summed E-state index contributed by atoms with van der Waals surface area (Å²) in [5.74, 6) is 0.696. The quantitative estimate of drug-likeness (QED) is 0.843. The molecule has 0 bridgehead atoms. The zero-order chi connectivity index (χ0) is 16.3. The Morgan fingerprint density at radius 1 is 1.30 bits per heavy atom. The van der Waals surface area contributed by atoms with Gasteiger partial charge >= 0.3 is 5.97 Å². The van der Waals surface area contributed by atoms with Gasteiger partial charge in [-0.25, -0.2) is 4.79 Å². The molecule has 0 spiro atoms. The second-order valence-corrected chi connectivity index (χ2v) is 5.56. The van der Waals surface area contributed by atoms with Gasteiger partial charge in [0, 0.05) is 5.56 Å². The maximum Gasteiger partial charge on any atom is 0.338 e. The third kappa shape index (κ3) is 3.34. The Labute approximate surface area is 133 Å². The molecule has 0 atom stereocenters. The fourth-order valence-electron chi connectivity index (χ4n) is 2.59. The number of benzene rings is 1. The van der Waals surface area contributed by atoms with Gasteiger partial charge in [0.25, 0.3) is 5.89 Å². The van der Waals surface area contributed by atoms with E-state index in [2.05, 4.69) is 10.1 Å². The van der Waals surface area contributed by atoms with Gasteiger partial charge in [0.2, 0.25) is 5.82 Å². The second-order valence-electron chi connectivity index (χ2n) is 5.56. The van der Waals surface area contributed by atoms with Crippen LogP contribution in [0.3, 0.4) is 0 Å². The first-order valence-electron chi connectivity index (χ1n) is 7.47. The smallest absolute Gasteiger partial charge is 0.338 e. The first-order chi connectivity index (χ1) is 11.1. The first-order valence-corrected chi connectivity index (χ1v) is 7.47. The molecule has 0 amide bonds. The third-order valence-corrected chi connectivity index (χ3v) is 3.95. The number of nitrogens with zero attached hydrogens (tertiary/aromatic N) is 2. The lowest BCUT2D eigenvalue weighted by Crippen LogP contribution is -2.36. The van der Waals surface area contributed by atoms with Crippen molar-refractivity contribution < 1.29 is 23.9 Å². The second kappa shape index (κ2) is 6.37. The third-order valence-electron chi connectivity index (χ3n) is 3.95. The van der Waals surface area contributed by atoms with E-state index < -0.39 is 11.6 Å². The summed E-state index contributed by atoms with van der Waals surface area (Å²) in [6.45, 7) is -0.124. The summed E-state index contributed by atoms with van der Waals surface area (Å²) in [6, 6.07) is 7.16. The van der Waals surface area contributed by atoms with Crippen LogP contribution in [0.1, 0.15) is 31.5 Å². The molecule has 122 valence electrons. The van der Waals surface area contributed by atoms with Gasteiger partial charge in [-0.3, -0.25) is 0 Å². The number of aromatic nitrogens is 2. The van der Waals surface area contributed by atoms with Crippen molar-refractivity contribution in [1.29, 1.82) is 0 Å². The van der Waals surface area contributed by atoms with Crippen LogP contribution in [0.25, 0.3) is 11.5 Å². The highest BCUT2D eigenvalue weighted by atomic mass is 16.6. The van der Waals surface area contributed by atoms with Gasteiger partial charge in [-0.2, -0.15) is 4.98 Å². The zero-order valence-corrected chi connectivity index (χ0v) is 12.8. The van der Waals surface area contributed by atoms with E-state index >= 15 is 0 Å². The van der Waals surface area contributed by atoms with Gasteiger partial charge in [0.15, 0.2) is 12.2 Å². The molecule has 23 heavy (non-hydrogen) atoms. The Kier molecular flexibility index (Phi) is 4.29. The molecular weight excluding hydrogens is 300 g/mol. The summed E-state index contributed by atoms with van der Waals surface area (Å²) in [4.78, 5) is 16.1. The predicted molar refractivity (Wildman–Crippen MR) is 79.5 cm³/mol. The van der Waals surface area contributed by atoms with Crippen molar-refractivity contribution in [3.63, 3.8) is 0 Å². The number of esters is 1. The fraction of sp³-hybridized carbons (Fsp3) is 0.438. The lowest BCUT2D eigenvalue weighted by Gasteiger charge is -2.18. The Balaban J connectivity index is 1.61. The average molecular weight is 318 g/mol. The number of carbonyl (C=O) groups excluding carboxylic acids is 1. The van der Waals surface area contributed by atoms with Gasteiger partial charge in [-0.05, 0) is 49.9 Å².